The number of hydrogen-bond donors (Lipinski definition) is 2. The van der Waals surface area contributed by atoms with Gasteiger partial charge in [0.05, 0.1) is 6.10 Å². The van der Waals surface area contributed by atoms with E-state index in [2.05, 4.69) is 13.8 Å². The molecule has 2 aliphatic heterocycles. The van der Waals surface area contributed by atoms with Crippen LogP contribution >= 0.6 is 0 Å². The standard InChI is InChI=1S/C10H18O4/c1-5(2)6-4-7(11)10(3)9(12)13-8(6)14-10/h5-9,11-12H,4H2,1-3H3/t6-,7+,8-,9-,10+/m1/s1. The van der Waals surface area contributed by atoms with Gasteiger partial charge in [-0.2, -0.15) is 0 Å². The van der Waals surface area contributed by atoms with Gasteiger partial charge in [0.25, 0.3) is 0 Å². The Kier molecular flexibility index (Phi) is 2.34. The van der Waals surface area contributed by atoms with Crippen LogP contribution in [0.2, 0.25) is 0 Å². The summed E-state index contributed by atoms with van der Waals surface area (Å²) in [5, 5.41) is 19.5. The molecule has 4 nitrogen and oxygen atoms in total. The second kappa shape index (κ2) is 3.17. The van der Waals surface area contributed by atoms with Crippen molar-refractivity contribution in [3.8, 4) is 0 Å². The highest BCUT2D eigenvalue weighted by Crippen LogP contribution is 2.44. The number of aliphatic hydroxyl groups is 2. The molecule has 0 radical (unpaired) electrons. The molecule has 2 rings (SSSR count). The van der Waals surface area contributed by atoms with Gasteiger partial charge in [0, 0.05) is 5.92 Å². The summed E-state index contributed by atoms with van der Waals surface area (Å²) in [7, 11) is 0. The Morgan fingerprint density at radius 3 is 2.57 bits per heavy atom. The van der Waals surface area contributed by atoms with Gasteiger partial charge in [-0.25, -0.2) is 0 Å². The predicted octanol–water partition coefficient (Wildman–Crippen LogP) is 0.473. The van der Waals surface area contributed by atoms with E-state index in [9.17, 15) is 10.2 Å². The molecule has 2 N–H and O–H groups in total. The maximum Gasteiger partial charge on any atom is 0.189 e. The smallest absolute Gasteiger partial charge is 0.189 e. The zero-order valence-electron chi connectivity index (χ0n) is 8.80. The molecule has 4 heteroatoms. The first-order chi connectivity index (χ1) is 6.45. The SMILES string of the molecule is CC(C)[C@H]1C[C@H](O)[C@]2(C)O[C@H]1O[C@H]2O. The molecule has 0 spiro atoms. The van der Waals surface area contributed by atoms with Crippen LogP contribution in [0.4, 0.5) is 0 Å². The van der Waals surface area contributed by atoms with Crippen LogP contribution in [0.25, 0.3) is 0 Å². The van der Waals surface area contributed by atoms with Crippen LogP contribution in [-0.4, -0.2) is 34.5 Å². The van der Waals surface area contributed by atoms with Gasteiger partial charge in [-0.3, -0.25) is 0 Å². The topological polar surface area (TPSA) is 58.9 Å². The summed E-state index contributed by atoms with van der Waals surface area (Å²) in [5.74, 6) is 0.541. The first kappa shape index (κ1) is 10.4. The summed E-state index contributed by atoms with van der Waals surface area (Å²) in [5.41, 5.74) is -0.934. The summed E-state index contributed by atoms with van der Waals surface area (Å²) < 4.78 is 10.9. The highest BCUT2D eigenvalue weighted by atomic mass is 16.8. The third-order valence-corrected chi connectivity index (χ3v) is 3.49. The van der Waals surface area contributed by atoms with Gasteiger partial charge in [-0.1, -0.05) is 13.8 Å². The van der Waals surface area contributed by atoms with E-state index in [1.165, 1.54) is 0 Å². The Labute approximate surface area is 83.8 Å². The van der Waals surface area contributed by atoms with E-state index in [-0.39, 0.29) is 12.2 Å². The molecule has 0 aromatic heterocycles. The van der Waals surface area contributed by atoms with Gasteiger partial charge in [-0.15, -0.1) is 0 Å². The lowest BCUT2D eigenvalue weighted by atomic mass is 9.82. The van der Waals surface area contributed by atoms with Crippen molar-refractivity contribution in [3.63, 3.8) is 0 Å². The van der Waals surface area contributed by atoms with Crippen LogP contribution < -0.4 is 0 Å². The van der Waals surface area contributed by atoms with Crippen LogP contribution in [-0.2, 0) is 9.47 Å². The third kappa shape index (κ3) is 1.29. The van der Waals surface area contributed by atoms with Gasteiger partial charge in [0.2, 0.25) is 0 Å². The van der Waals surface area contributed by atoms with Gasteiger partial charge in [-0.05, 0) is 19.3 Å². The molecule has 5 atom stereocenters. The first-order valence-corrected chi connectivity index (χ1v) is 5.14. The number of aliphatic hydroxyl groups excluding tert-OH is 2. The molecule has 82 valence electrons. The average molecular weight is 202 g/mol. The van der Waals surface area contributed by atoms with Gasteiger partial charge >= 0.3 is 0 Å². The van der Waals surface area contributed by atoms with Crippen molar-refractivity contribution in [2.45, 2.75) is 51.5 Å². The lowest BCUT2D eigenvalue weighted by molar-refractivity contribution is -0.198. The monoisotopic (exact) mass is 202 g/mol. The van der Waals surface area contributed by atoms with Crippen molar-refractivity contribution in [1.29, 1.82) is 0 Å². The number of fused-ring (bicyclic) bond motifs is 2. The number of hydrogen-bond acceptors (Lipinski definition) is 4. The van der Waals surface area contributed by atoms with Crippen LogP contribution in [0, 0.1) is 11.8 Å². The molecule has 0 amide bonds. The third-order valence-electron chi connectivity index (χ3n) is 3.49. The predicted molar refractivity (Wildman–Crippen MR) is 49.3 cm³/mol. The van der Waals surface area contributed by atoms with Gasteiger partial charge < -0.3 is 19.7 Å². The highest BCUT2D eigenvalue weighted by Gasteiger charge is 2.57. The summed E-state index contributed by atoms with van der Waals surface area (Å²) in [6, 6.07) is 0. The van der Waals surface area contributed by atoms with Crippen molar-refractivity contribution in [3.05, 3.63) is 0 Å². The second-order valence-corrected chi connectivity index (χ2v) is 4.82. The molecule has 2 fully saturated rings. The minimum absolute atomic E-state index is 0.162. The van der Waals surface area contributed by atoms with Crippen molar-refractivity contribution >= 4 is 0 Å². The summed E-state index contributed by atoms with van der Waals surface area (Å²) in [6.45, 7) is 5.83. The van der Waals surface area contributed by atoms with Gasteiger partial charge in [0.15, 0.2) is 12.6 Å². The van der Waals surface area contributed by atoms with E-state index in [1.54, 1.807) is 6.92 Å². The first-order valence-electron chi connectivity index (χ1n) is 5.14. The molecule has 0 saturated carbocycles. The van der Waals surface area contributed by atoms with E-state index in [0.717, 1.165) is 0 Å². The van der Waals surface area contributed by atoms with E-state index in [0.29, 0.717) is 12.3 Å². The minimum atomic E-state index is -1.01. The molecule has 2 saturated heterocycles. The normalized spacial score (nSPS) is 52.7. The fourth-order valence-corrected chi connectivity index (χ4v) is 2.22. The Bertz CT molecular complexity index is 230. The minimum Gasteiger partial charge on any atom is -0.390 e. The van der Waals surface area contributed by atoms with Crippen LogP contribution in [0.3, 0.4) is 0 Å². The molecule has 2 heterocycles. The Hall–Kier alpha value is -0.160. The molecule has 0 aromatic rings. The highest BCUT2D eigenvalue weighted by molar-refractivity contribution is 4.98. The lowest BCUT2D eigenvalue weighted by Gasteiger charge is -2.39. The maximum atomic E-state index is 9.88. The molecule has 2 bridgehead atoms. The summed E-state index contributed by atoms with van der Waals surface area (Å²) in [6.07, 6.45) is -1.39. The quantitative estimate of drug-likeness (QED) is 0.649. The molecular weight excluding hydrogens is 184 g/mol. The molecule has 0 unspecified atom stereocenters. The number of ether oxygens (including phenoxy) is 2. The van der Waals surface area contributed by atoms with Crippen LogP contribution in [0.15, 0.2) is 0 Å². The molecule has 14 heavy (non-hydrogen) atoms. The van der Waals surface area contributed by atoms with Crippen molar-refractivity contribution in [2.24, 2.45) is 11.8 Å². The zero-order chi connectivity index (χ0) is 10.5. The Morgan fingerprint density at radius 1 is 1.36 bits per heavy atom. The molecule has 0 aliphatic carbocycles. The fraction of sp³-hybridized carbons (Fsp3) is 1.00. The lowest BCUT2D eigenvalue weighted by Crippen LogP contribution is -2.52. The van der Waals surface area contributed by atoms with Crippen LogP contribution in [0.1, 0.15) is 27.2 Å². The van der Waals surface area contributed by atoms with Crippen LogP contribution in [0.5, 0.6) is 0 Å². The maximum absolute atomic E-state index is 9.88. The molecular formula is C10H18O4. The van der Waals surface area contributed by atoms with Crippen molar-refractivity contribution in [1.82, 2.24) is 0 Å². The second-order valence-electron chi connectivity index (χ2n) is 4.82. The summed E-state index contributed by atoms with van der Waals surface area (Å²) >= 11 is 0. The Morgan fingerprint density at radius 2 is 2.00 bits per heavy atom. The number of rotatable bonds is 1. The average Bonchev–Trinajstić information content (AvgIpc) is 2.34. The zero-order valence-corrected chi connectivity index (χ0v) is 8.80. The van der Waals surface area contributed by atoms with Gasteiger partial charge in [0.1, 0.15) is 5.60 Å². The van der Waals surface area contributed by atoms with Crippen molar-refractivity contribution in [2.75, 3.05) is 0 Å². The molecule has 0 aromatic carbocycles. The largest absolute Gasteiger partial charge is 0.390 e. The fourth-order valence-electron chi connectivity index (χ4n) is 2.22. The van der Waals surface area contributed by atoms with Crippen molar-refractivity contribution < 1.29 is 19.7 Å². The Balaban J connectivity index is 2.20. The van der Waals surface area contributed by atoms with E-state index >= 15 is 0 Å². The van der Waals surface area contributed by atoms with E-state index < -0.39 is 18.0 Å². The summed E-state index contributed by atoms with van der Waals surface area (Å²) in [4.78, 5) is 0. The molecule has 2 aliphatic rings. The van der Waals surface area contributed by atoms with E-state index in [1.807, 2.05) is 0 Å². The van der Waals surface area contributed by atoms with E-state index in [4.69, 9.17) is 9.47 Å².